The number of amides is 1. The van der Waals surface area contributed by atoms with Gasteiger partial charge in [-0.25, -0.2) is 0 Å². The molecule has 0 aliphatic rings. The average molecular weight is 139 g/mol. The van der Waals surface area contributed by atoms with Crippen molar-refractivity contribution < 1.29 is 4.79 Å². The summed E-state index contributed by atoms with van der Waals surface area (Å²) >= 11 is 0. The zero-order valence-corrected chi connectivity index (χ0v) is 6.69. The summed E-state index contributed by atoms with van der Waals surface area (Å²) in [5.41, 5.74) is -0.173. The molecule has 1 amide bonds. The van der Waals surface area contributed by atoms with E-state index in [-0.39, 0.29) is 17.9 Å². The molecule has 0 unspecified atom stereocenters. The number of carbonyl (C=O) groups is 1. The van der Waals surface area contributed by atoms with Crippen molar-refractivity contribution in [3.05, 3.63) is 0 Å². The Labute approximate surface area is 62.0 Å². The van der Waals surface area contributed by atoms with Crippen LogP contribution in [0.1, 0.15) is 27.2 Å². The highest BCUT2D eigenvalue weighted by atomic mass is 16.1. The largest absolute Gasteiger partial charge is 0.351 e. The number of hydrogen-bond acceptors (Lipinski definition) is 1. The van der Waals surface area contributed by atoms with Crippen LogP contribution in [0.25, 0.3) is 0 Å². The fourth-order valence-electron chi connectivity index (χ4n) is 0.555. The van der Waals surface area contributed by atoms with E-state index in [1.807, 2.05) is 20.8 Å². The maximum absolute atomic E-state index is 10.8. The summed E-state index contributed by atoms with van der Waals surface area (Å²) in [6, 6.07) is 0. The third-order valence-corrected chi connectivity index (χ3v) is 0.777. The molecule has 0 aliphatic heterocycles. The van der Waals surface area contributed by atoms with Crippen molar-refractivity contribution in [2.75, 3.05) is 0 Å². The maximum atomic E-state index is 10.8. The van der Waals surface area contributed by atoms with E-state index >= 15 is 0 Å². The van der Waals surface area contributed by atoms with Gasteiger partial charge in [0.2, 0.25) is 5.91 Å². The van der Waals surface area contributed by atoms with Crippen molar-refractivity contribution in [2.45, 2.75) is 32.7 Å². The molecule has 0 spiro atoms. The molecule has 2 nitrogen and oxygen atoms in total. The van der Waals surface area contributed by atoms with E-state index in [2.05, 4.69) is 11.2 Å². The number of hydrogen-bond donors (Lipinski definition) is 1. The number of rotatable bonds is 1. The third kappa shape index (κ3) is 5.17. The van der Waals surface area contributed by atoms with E-state index in [1.54, 1.807) is 0 Å². The van der Waals surface area contributed by atoms with E-state index in [1.165, 1.54) is 0 Å². The van der Waals surface area contributed by atoms with Crippen LogP contribution in [-0.4, -0.2) is 11.4 Å². The van der Waals surface area contributed by atoms with Crippen molar-refractivity contribution in [1.82, 2.24) is 5.32 Å². The summed E-state index contributed by atoms with van der Waals surface area (Å²) in [5, 5.41) is 2.74. The predicted molar refractivity (Wildman–Crippen MR) is 41.3 cm³/mol. The second kappa shape index (κ2) is 3.26. The minimum atomic E-state index is -0.173. The molecule has 0 aromatic heterocycles. The quantitative estimate of drug-likeness (QED) is 0.538. The van der Waals surface area contributed by atoms with Gasteiger partial charge in [0.15, 0.2) is 0 Å². The molecule has 0 saturated heterocycles. The molecule has 0 rings (SSSR count). The summed E-state index contributed by atoms with van der Waals surface area (Å²) in [5.74, 6) is 2.19. The first-order valence-corrected chi connectivity index (χ1v) is 3.20. The molecule has 0 aliphatic carbocycles. The first-order valence-electron chi connectivity index (χ1n) is 3.20. The Balaban J connectivity index is 3.72. The van der Waals surface area contributed by atoms with Gasteiger partial charge in [-0.3, -0.25) is 4.79 Å². The van der Waals surface area contributed by atoms with Gasteiger partial charge in [0.25, 0.3) is 0 Å². The molecule has 0 aromatic carbocycles. The van der Waals surface area contributed by atoms with Crippen LogP contribution in [0.15, 0.2) is 0 Å². The van der Waals surface area contributed by atoms with E-state index in [0.717, 1.165) is 0 Å². The molecule has 0 saturated carbocycles. The summed E-state index contributed by atoms with van der Waals surface area (Å²) in [6.45, 7) is 5.75. The number of nitrogens with one attached hydrogen (secondary N) is 1. The summed E-state index contributed by atoms with van der Waals surface area (Å²) in [7, 11) is 0. The molecule has 0 aromatic rings. The van der Waals surface area contributed by atoms with Crippen molar-refractivity contribution in [3.8, 4) is 12.3 Å². The predicted octanol–water partition coefficient (Wildman–Crippen LogP) is 0.924. The fraction of sp³-hybridized carbons (Fsp3) is 0.625. The highest BCUT2D eigenvalue weighted by molar-refractivity contribution is 5.78. The van der Waals surface area contributed by atoms with Gasteiger partial charge in [-0.05, 0) is 20.8 Å². The van der Waals surface area contributed by atoms with Gasteiger partial charge >= 0.3 is 0 Å². The lowest BCUT2D eigenvalue weighted by atomic mass is 10.1. The Kier molecular flexibility index (Phi) is 2.95. The minimum Gasteiger partial charge on any atom is -0.351 e. The van der Waals surface area contributed by atoms with Crippen molar-refractivity contribution >= 4 is 5.91 Å². The van der Waals surface area contributed by atoms with E-state index in [4.69, 9.17) is 6.42 Å². The molecular formula is C8H13NO. The lowest BCUT2D eigenvalue weighted by molar-refractivity contribution is -0.121. The van der Waals surface area contributed by atoms with Crippen LogP contribution in [0.4, 0.5) is 0 Å². The van der Waals surface area contributed by atoms with Crippen LogP contribution in [0, 0.1) is 12.3 Å². The van der Waals surface area contributed by atoms with E-state index < -0.39 is 0 Å². The fourth-order valence-corrected chi connectivity index (χ4v) is 0.555. The monoisotopic (exact) mass is 139 g/mol. The van der Waals surface area contributed by atoms with Crippen molar-refractivity contribution in [3.63, 3.8) is 0 Å². The van der Waals surface area contributed by atoms with Gasteiger partial charge in [-0.15, -0.1) is 6.42 Å². The average Bonchev–Trinajstić information content (AvgIpc) is 1.59. The number of carbonyl (C=O) groups excluding carboxylic acids is 1. The second-order valence-electron chi connectivity index (χ2n) is 3.18. The molecule has 0 fully saturated rings. The molecule has 0 radical (unpaired) electrons. The first-order chi connectivity index (χ1) is 4.45. The van der Waals surface area contributed by atoms with E-state index in [9.17, 15) is 4.79 Å². The molecule has 0 bridgehead atoms. The van der Waals surface area contributed by atoms with Gasteiger partial charge in [0.1, 0.15) is 0 Å². The second-order valence-corrected chi connectivity index (χ2v) is 3.18. The van der Waals surface area contributed by atoms with Gasteiger partial charge in [-0.2, -0.15) is 0 Å². The molecular weight excluding hydrogens is 126 g/mol. The first kappa shape index (κ1) is 9.03. The van der Waals surface area contributed by atoms with Crippen molar-refractivity contribution in [2.24, 2.45) is 0 Å². The topological polar surface area (TPSA) is 29.1 Å². The lowest BCUT2D eigenvalue weighted by Gasteiger charge is -2.19. The van der Waals surface area contributed by atoms with Crippen LogP contribution in [0.5, 0.6) is 0 Å². The Hall–Kier alpha value is -0.970. The summed E-state index contributed by atoms with van der Waals surface area (Å²) in [6.07, 6.45) is 5.10. The summed E-state index contributed by atoms with van der Waals surface area (Å²) < 4.78 is 0. The Morgan fingerprint density at radius 2 is 2.10 bits per heavy atom. The van der Waals surface area contributed by atoms with Crippen LogP contribution >= 0.6 is 0 Å². The molecule has 0 heterocycles. The molecule has 56 valence electrons. The highest BCUT2D eigenvalue weighted by Crippen LogP contribution is 1.98. The third-order valence-electron chi connectivity index (χ3n) is 0.777. The Morgan fingerprint density at radius 1 is 1.60 bits per heavy atom. The molecule has 1 N–H and O–H groups in total. The van der Waals surface area contributed by atoms with E-state index in [0.29, 0.717) is 0 Å². The van der Waals surface area contributed by atoms with Crippen LogP contribution in [0.3, 0.4) is 0 Å². The standard InChI is InChI=1S/C8H13NO/c1-5-6-7(10)9-8(2,3)4/h1H,6H2,2-4H3,(H,9,10). The smallest absolute Gasteiger partial charge is 0.232 e. The van der Waals surface area contributed by atoms with Gasteiger partial charge in [0, 0.05) is 5.54 Å². The van der Waals surface area contributed by atoms with Gasteiger partial charge in [0.05, 0.1) is 6.42 Å². The highest BCUT2D eigenvalue weighted by Gasteiger charge is 2.11. The van der Waals surface area contributed by atoms with Crippen LogP contribution < -0.4 is 5.32 Å². The maximum Gasteiger partial charge on any atom is 0.232 e. The normalized spacial score (nSPS) is 10.2. The van der Waals surface area contributed by atoms with Gasteiger partial charge in [-0.1, -0.05) is 5.92 Å². The zero-order valence-electron chi connectivity index (χ0n) is 6.69. The number of terminal acetylenes is 1. The SMILES string of the molecule is C#CCC(=O)NC(C)(C)C. The minimum absolute atomic E-state index is 0.0880. The molecule has 0 atom stereocenters. The van der Waals surface area contributed by atoms with Gasteiger partial charge < -0.3 is 5.32 Å². The molecule has 2 heteroatoms. The van der Waals surface area contributed by atoms with Crippen LogP contribution in [-0.2, 0) is 4.79 Å². The lowest BCUT2D eigenvalue weighted by Crippen LogP contribution is -2.40. The molecule has 10 heavy (non-hydrogen) atoms. The zero-order chi connectivity index (χ0) is 8.20. The Morgan fingerprint density at radius 3 is 2.40 bits per heavy atom. The Bertz CT molecular complexity index is 159. The van der Waals surface area contributed by atoms with Crippen molar-refractivity contribution in [1.29, 1.82) is 0 Å². The van der Waals surface area contributed by atoms with Crippen LogP contribution in [0.2, 0.25) is 0 Å². The summed E-state index contributed by atoms with van der Waals surface area (Å²) in [4.78, 5) is 10.8.